The third-order valence-electron chi connectivity index (χ3n) is 4.43. The Hall–Kier alpha value is -0.520. The van der Waals surface area contributed by atoms with Crippen molar-refractivity contribution in [3.8, 4) is 12.3 Å². The summed E-state index contributed by atoms with van der Waals surface area (Å²) < 4.78 is 0. The Kier molecular flexibility index (Phi) is 9.14. The quantitative estimate of drug-likeness (QED) is 0.474. The fourth-order valence-electron chi connectivity index (χ4n) is 3.35. The third-order valence-corrected chi connectivity index (χ3v) is 4.43. The molecule has 106 valence electrons. The van der Waals surface area contributed by atoms with Gasteiger partial charge in [0.25, 0.3) is 0 Å². The second-order valence-electron chi connectivity index (χ2n) is 4.92. The molecule has 0 saturated heterocycles. The van der Waals surface area contributed by atoms with Crippen LogP contribution in [-0.4, -0.2) is 36.6 Å². The zero-order chi connectivity index (χ0) is 14.0. The van der Waals surface area contributed by atoms with Crippen molar-refractivity contribution in [2.45, 2.75) is 71.4 Å². The summed E-state index contributed by atoms with van der Waals surface area (Å²) in [4.78, 5) is 2.62. The minimum absolute atomic E-state index is 0.271. The molecule has 1 unspecified atom stereocenters. The highest BCUT2D eigenvalue weighted by Gasteiger charge is 2.38. The van der Waals surface area contributed by atoms with Crippen LogP contribution >= 0.6 is 0 Å². The molecule has 0 rings (SSSR count). The maximum Gasteiger partial charge on any atom is 0.0356 e. The van der Waals surface area contributed by atoms with Crippen LogP contribution in [0.1, 0.15) is 59.8 Å². The Bertz CT molecular complexity index is 234. The molecule has 0 radical (unpaired) electrons. The monoisotopic (exact) mass is 252 g/mol. The molecule has 0 aliphatic carbocycles. The fraction of sp³-hybridized carbons (Fsp3) is 0.875. The first-order valence-corrected chi connectivity index (χ1v) is 7.52. The van der Waals surface area contributed by atoms with Gasteiger partial charge in [0.05, 0.1) is 0 Å². The summed E-state index contributed by atoms with van der Waals surface area (Å²) in [6.07, 6.45) is 10.9. The SMILES string of the molecule is C#CCCCC(NC)C(CC)(CC)N(CC)CC. The molecule has 0 aliphatic heterocycles. The number of unbranched alkanes of at least 4 members (excludes halogenated alkanes) is 1. The van der Waals surface area contributed by atoms with E-state index in [0.717, 1.165) is 25.9 Å². The van der Waals surface area contributed by atoms with Crippen molar-refractivity contribution in [2.24, 2.45) is 0 Å². The Morgan fingerprint density at radius 1 is 1.17 bits per heavy atom. The van der Waals surface area contributed by atoms with E-state index in [1.54, 1.807) is 0 Å². The van der Waals surface area contributed by atoms with E-state index in [2.05, 4.69) is 50.9 Å². The van der Waals surface area contributed by atoms with E-state index in [4.69, 9.17) is 6.42 Å². The van der Waals surface area contributed by atoms with Crippen molar-refractivity contribution >= 4 is 0 Å². The van der Waals surface area contributed by atoms with Gasteiger partial charge in [0.1, 0.15) is 0 Å². The molecule has 2 nitrogen and oxygen atoms in total. The topological polar surface area (TPSA) is 15.3 Å². The van der Waals surface area contributed by atoms with Gasteiger partial charge in [-0.25, -0.2) is 0 Å². The van der Waals surface area contributed by atoms with Gasteiger partial charge in [0.2, 0.25) is 0 Å². The first-order valence-electron chi connectivity index (χ1n) is 7.52. The van der Waals surface area contributed by atoms with Gasteiger partial charge in [0.15, 0.2) is 0 Å². The number of nitrogens with zero attached hydrogens (tertiary/aromatic N) is 1. The summed E-state index contributed by atoms with van der Waals surface area (Å²) in [5, 5.41) is 3.54. The zero-order valence-electron chi connectivity index (χ0n) is 13.1. The van der Waals surface area contributed by atoms with Gasteiger partial charge in [-0.15, -0.1) is 12.3 Å². The Balaban J connectivity index is 4.95. The van der Waals surface area contributed by atoms with E-state index in [0.29, 0.717) is 6.04 Å². The van der Waals surface area contributed by atoms with Crippen molar-refractivity contribution < 1.29 is 0 Å². The summed E-state index contributed by atoms with van der Waals surface area (Å²) in [7, 11) is 2.09. The van der Waals surface area contributed by atoms with Crippen LogP contribution in [0.2, 0.25) is 0 Å². The van der Waals surface area contributed by atoms with E-state index in [1.165, 1.54) is 19.3 Å². The second-order valence-corrected chi connectivity index (χ2v) is 4.92. The number of rotatable bonds is 10. The third kappa shape index (κ3) is 4.00. The Labute approximate surface area is 115 Å². The maximum atomic E-state index is 5.36. The Morgan fingerprint density at radius 3 is 2.06 bits per heavy atom. The average molecular weight is 252 g/mol. The number of nitrogens with one attached hydrogen (secondary N) is 1. The lowest BCUT2D eigenvalue weighted by Gasteiger charge is -2.48. The molecule has 1 atom stereocenters. The molecule has 2 heteroatoms. The van der Waals surface area contributed by atoms with Crippen molar-refractivity contribution in [3.63, 3.8) is 0 Å². The van der Waals surface area contributed by atoms with Crippen molar-refractivity contribution in [1.82, 2.24) is 10.2 Å². The van der Waals surface area contributed by atoms with Gasteiger partial charge in [-0.3, -0.25) is 4.90 Å². The van der Waals surface area contributed by atoms with Crippen LogP contribution in [0.5, 0.6) is 0 Å². The summed E-state index contributed by atoms with van der Waals surface area (Å²) in [5.74, 6) is 2.75. The summed E-state index contributed by atoms with van der Waals surface area (Å²) in [6, 6.07) is 0.528. The normalized spacial score (nSPS) is 13.6. The molecular formula is C16H32N2. The highest BCUT2D eigenvalue weighted by molar-refractivity contribution is 4.98. The van der Waals surface area contributed by atoms with Crippen LogP contribution in [0.15, 0.2) is 0 Å². The van der Waals surface area contributed by atoms with E-state index in [9.17, 15) is 0 Å². The summed E-state index contributed by atoms with van der Waals surface area (Å²) in [5.41, 5.74) is 0.271. The lowest BCUT2D eigenvalue weighted by atomic mass is 9.80. The van der Waals surface area contributed by atoms with Gasteiger partial charge < -0.3 is 5.32 Å². The van der Waals surface area contributed by atoms with Gasteiger partial charge in [0, 0.05) is 18.0 Å². The standard InChI is InChI=1S/C16H32N2/c1-7-12-13-14-15(17-6)16(8-2,9-3)18(10-4)11-5/h1,15,17H,8-14H2,2-6H3. The molecule has 0 saturated carbocycles. The lowest BCUT2D eigenvalue weighted by molar-refractivity contribution is 0.0483. The number of likely N-dealkylation sites (N-methyl/N-ethyl adjacent to an activating group) is 2. The van der Waals surface area contributed by atoms with E-state index >= 15 is 0 Å². The van der Waals surface area contributed by atoms with Crippen LogP contribution in [0, 0.1) is 12.3 Å². The zero-order valence-corrected chi connectivity index (χ0v) is 13.1. The van der Waals surface area contributed by atoms with E-state index in [1.807, 2.05) is 0 Å². The minimum atomic E-state index is 0.271. The first-order chi connectivity index (χ1) is 8.66. The van der Waals surface area contributed by atoms with Crippen molar-refractivity contribution in [1.29, 1.82) is 0 Å². The summed E-state index contributed by atoms with van der Waals surface area (Å²) in [6.45, 7) is 11.4. The fourth-order valence-corrected chi connectivity index (χ4v) is 3.35. The number of hydrogen-bond acceptors (Lipinski definition) is 2. The molecule has 0 heterocycles. The molecule has 0 aromatic carbocycles. The van der Waals surface area contributed by atoms with Gasteiger partial charge in [-0.05, 0) is 45.8 Å². The van der Waals surface area contributed by atoms with Gasteiger partial charge in [-0.2, -0.15) is 0 Å². The predicted molar refractivity (Wildman–Crippen MR) is 81.8 cm³/mol. The average Bonchev–Trinajstić information content (AvgIpc) is 2.42. The van der Waals surface area contributed by atoms with Gasteiger partial charge >= 0.3 is 0 Å². The molecule has 0 fully saturated rings. The van der Waals surface area contributed by atoms with E-state index in [-0.39, 0.29) is 5.54 Å². The highest BCUT2D eigenvalue weighted by atomic mass is 15.2. The lowest BCUT2D eigenvalue weighted by Crippen LogP contribution is -2.60. The maximum absolute atomic E-state index is 5.36. The molecule has 0 aromatic heterocycles. The number of hydrogen-bond donors (Lipinski definition) is 1. The largest absolute Gasteiger partial charge is 0.315 e. The molecular weight excluding hydrogens is 220 g/mol. The van der Waals surface area contributed by atoms with Crippen LogP contribution in [-0.2, 0) is 0 Å². The summed E-state index contributed by atoms with van der Waals surface area (Å²) >= 11 is 0. The molecule has 0 aliphatic rings. The van der Waals surface area contributed by atoms with Gasteiger partial charge in [-0.1, -0.05) is 27.7 Å². The van der Waals surface area contributed by atoms with Crippen molar-refractivity contribution in [3.05, 3.63) is 0 Å². The van der Waals surface area contributed by atoms with E-state index < -0.39 is 0 Å². The molecule has 0 amide bonds. The number of terminal acetylenes is 1. The molecule has 0 aromatic rings. The van der Waals surface area contributed by atoms with Crippen molar-refractivity contribution in [2.75, 3.05) is 20.1 Å². The minimum Gasteiger partial charge on any atom is -0.315 e. The van der Waals surface area contributed by atoms with Crippen LogP contribution in [0.4, 0.5) is 0 Å². The molecule has 18 heavy (non-hydrogen) atoms. The van der Waals surface area contributed by atoms with Crippen LogP contribution in [0.3, 0.4) is 0 Å². The van der Waals surface area contributed by atoms with Crippen LogP contribution in [0.25, 0.3) is 0 Å². The van der Waals surface area contributed by atoms with Crippen LogP contribution < -0.4 is 5.32 Å². The molecule has 0 bridgehead atoms. The smallest absolute Gasteiger partial charge is 0.0356 e. The second kappa shape index (κ2) is 9.42. The Morgan fingerprint density at radius 2 is 1.72 bits per heavy atom. The first kappa shape index (κ1) is 17.5. The molecule has 0 spiro atoms. The molecule has 1 N–H and O–H groups in total. The predicted octanol–water partition coefficient (Wildman–Crippen LogP) is 3.28. The highest BCUT2D eigenvalue weighted by Crippen LogP contribution is 2.30.